The second-order valence-corrected chi connectivity index (χ2v) is 4.92. The SMILES string of the molecule is CCC(CS)Cn1cnc(-c2ccc([N+](=O)[O-])cc2)n1. The zero-order valence-corrected chi connectivity index (χ0v) is 12.0. The van der Waals surface area contributed by atoms with Crippen molar-refractivity contribution in [2.75, 3.05) is 5.75 Å². The molecule has 0 radical (unpaired) electrons. The first-order valence-electron chi connectivity index (χ1n) is 6.39. The Hall–Kier alpha value is -1.89. The molecule has 0 fully saturated rings. The highest BCUT2D eigenvalue weighted by molar-refractivity contribution is 7.80. The molecule has 1 aromatic heterocycles. The average molecular weight is 292 g/mol. The van der Waals surface area contributed by atoms with Gasteiger partial charge in [0, 0.05) is 24.2 Å². The lowest BCUT2D eigenvalue weighted by Gasteiger charge is -2.10. The molecule has 0 spiro atoms. The molecule has 1 aromatic carbocycles. The van der Waals surface area contributed by atoms with Crippen LogP contribution in [0.5, 0.6) is 0 Å². The van der Waals surface area contributed by atoms with Crippen LogP contribution in [0.1, 0.15) is 13.3 Å². The van der Waals surface area contributed by atoms with Crippen LogP contribution in [0.25, 0.3) is 11.4 Å². The van der Waals surface area contributed by atoms with E-state index in [4.69, 9.17) is 0 Å². The van der Waals surface area contributed by atoms with Crippen LogP contribution in [0.2, 0.25) is 0 Å². The van der Waals surface area contributed by atoms with E-state index in [2.05, 4.69) is 29.6 Å². The van der Waals surface area contributed by atoms with Gasteiger partial charge in [-0.1, -0.05) is 13.3 Å². The molecule has 7 heteroatoms. The summed E-state index contributed by atoms with van der Waals surface area (Å²) in [7, 11) is 0. The van der Waals surface area contributed by atoms with E-state index in [1.54, 1.807) is 23.1 Å². The number of aromatic nitrogens is 3. The van der Waals surface area contributed by atoms with E-state index in [0.29, 0.717) is 11.7 Å². The van der Waals surface area contributed by atoms with Gasteiger partial charge in [0.2, 0.25) is 0 Å². The molecular weight excluding hydrogens is 276 g/mol. The molecule has 0 amide bonds. The van der Waals surface area contributed by atoms with E-state index < -0.39 is 4.92 Å². The molecule has 1 heterocycles. The van der Waals surface area contributed by atoms with Crippen molar-refractivity contribution >= 4 is 18.3 Å². The first kappa shape index (κ1) is 14.5. The van der Waals surface area contributed by atoms with Crippen LogP contribution in [0.15, 0.2) is 30.6 Å². The van der Waals surface area contributed by atoms with E-state index in [1.165, 1.54) is 12.1 Å². The highest BCUT2D eigenvalue weighted by atomic mass is 32.1. The van der Waals surface area contributed by atoms with Crippen molar-refractivity contribution in [3.8, 4) is 11.4 Å². The molecule has 0 aliphatic rings. The number of hydrogen-bond acceptors (Lipinski definition) is 5. The lowest BCUT2D eigenvalue weighted by molar-refractivity contribution is -0.384. The zero-order chi connectivity index (χ0) is 14.5. The van der Waals surface area contributed by atoms with Crippen LogP contribution in [0.3, 0.4) is 0 Å². The number of rotatable bonds is 6. The van der Waals surface area contributed by atoms with Gasteiger partial charge in [0.25, 0.3) is 5.69 Å². The van der Waals surface area contributed by atoms with Crippen molar-refractivity contribution in [3.63, 3.8) is 0 Å². The van der Waals surface area contributed by atoms with Crippen LogP contribution in [-0.2, 0) is 6.54 Å². The van der Waals surface area contributed by atoms with E-state index in [-0.39, 0.29) is 5.69 Å². The van der Waals surface area contributed by atoms with Gasteiger partial charge in [-0.2, -0.15) is 17.7 Å². The fourth-order valence-electron chi connectivity index (χ4n) is 1.83. The molecule has 0 bridgehead atoms. The van der Waals surface area contributed by atoms with Gasteiger partial charge in [-0.15, -0.1) is 0 Å². The number of non-ortho nitro benzene ring substituents is 1. The Kier molecular flexibility index (Phi) is 4.73. The molecule has 2 rings (SSSR count). The van der Waals surface area contributed by atoms with Crippen LogP contribution >= 0.6 is 12.6 Å². The van der Waals surface area contributed by atoms with Crippen LogP contribution in [-0.4, -0.2) is 25.4 Å². The van der Waals surface area contributed by atoms with E-state index >= 15 is 0 Å². The van der Waals surface area contributed by atoms with Gasteiger partial charge in [0.05, 0.1) is 4.92 Å². The number of nitro groups is 1. The minimum Gasteiger partial charge on any atom is -0.258 e. The van der Waals surface area contributed by atoms with E-state index in [9.17, 15) is 10.1 Å². The molecule has 0 aliphatic carbocycles. The molecule has 0 saturated carbocycles. The average Bonchev–Trinajstić information content (AvgIpc) is 2.93. The summed E-state index contributed by atoms with van der Waals surface area (Å²) in [6, 6.07) is 6.23. The smallest absolute Gasteiger partial charge is 0.258 e. The van der Waals surface area contributed by atoms with Gasteiger partial charge >= 0.3 is 0 Å². The number of nitrogens with zero attached hydrogens (tertiary/aromatic N) is 4. The summed E-state index contributed by atoms with van der Waals surface area (Å²) in [5.74, 6) is 1.85. The third-order valence-electron chi connectivity index (χ3n) is 3.15. The standard InChI is InChI=1S/C13H16N4O2S/c1-2-10(8-20)7-16-9-14-13(15-16)11-3-5-12(6-4-11)17(18)19/h3-6,9-10,20H,2,7-8H2,1H3. The van der Waals surface area contributed by atoms with Gasteiger partial charge in [-0.05, 0) is 23.8 Å². The molecule has 106 valence electrons. The van der Waals surface area contributed by atoms with Crippen LogP contribution in [0, 0.1) is 16.0 Å². The molecule has 2 aromatic rings. The van der Waals surface area contributed by atoms with Crippen LogP contribution in [0.4, 0.5) is 5.69 Å². The Labute approximate surface area is 122 Å². The Morgan fingerprint density at radius 3 is 2.65 bits per heavy atom. The predicted molar refractivity (Wildman–Crippen MR) is 79.7 cm³/mol. The quantitative estimate of drug-likeness (QED) is 0.505. The highest BCUT2D eigenvalue weighted by Crippen LogP contribution is 2.19. The molecular formula is C13H16N4O2S. The minimum atomic E-state index is -0.422. The van der Waals surface area contributed by atoms with E-state index in [1.807, 2.05) is 0 Å². The topological polar surface area (TPSA) is 73.8 Å². The van der Waals surface area contributed by atoms with Gasteiger partial charge in [0.15, 0.2) is 5.82 Å². The third-order valence-corrected chi connectivity index (χ3v) is 3.67. The largest absolute Gasteiger partial charge is 0.269 e. The highest BCUT2D eigenvalue weighted by Gasteiger charge is 2.10. The van der Waals surface area contributed by atoms with E-state index in [0.717, 1.165) is 24.3 Å². The number of benzene rings is 1. The molecule has 0 saturated heterocycles. The van der Waals surface area contributed by atoms with Gasteiger partial charge in [-0.3, -0.25) is 14.8 Å². The van der Waals surface area contributed by atoms with Crippen molar-refractivity contribution in [2.24, 2.45) is 5.92 Å². The molecule has 6 nitrogen and oxygen atoms in total. The maximum Gasteiger partial charge on any atom is 0.269 e. The normalized spacial score (nSPS) is 12.3. The fourth-order valence-corrected chi connectivity index (χ4v) is 2.20. The number of thiol groups is 1. The Morgan fingerprint density at radius 2 is 2.10 bits per heavy atom. The van der Waals surface area contributed by atoms with Gasteiger partial charge in [-0.25, -0.2) is 4.98 Å². The third kappa shape index (κ3) is 3.36. The number of nitro benzene ring substituents is 1. The van der Waals surface area contributed by atoms with Crippen molar-refractivity contribution in [2.45, 2.75) is 19.9 Å². The van der Waals surface area contributed by atoms with Crippen LogP contribution < -0.4 is 0 Å². The van der Waals surface area contributed by atoms with Crippen molar-refractivity contribution < 1.29 is 4.92 Å². The van der Waals surface area contributed by atoms with Gasteiger partial charge in [0.1, 0.15) is 6.33 Å². The Morgan fingerprint density at radius 1 is 1.40 bits per heavy atom. The Balaban J connectivity index is 2.13. The summed E-state index contributed by atoms with van der Waals surface area (Å²) < 4.78 is 1.79. The van der Waals surface area contributed by atoms with Crippen molar-refractivity contribution in [1.29, 1.82) is 0 Å². The van der Waals surface area contributed by atoms with Gasteiger partial charge < -0.3 is 0 Å². The Bertz CT molecular complexity index is 578. The lowest BCUT2D eigenvalue weighted by atomic mass is 10.1. The first-order chi connectivity index (χ1) is 9.63. The molecule has 0 N–H and O–H groups in total. The lowest BCUT2D eigenvalue weighted by Crippen LogP contribution is -2.11. The van der Waals surface area contributed by atoms with Crippen molar-refractivity contribution in [1.82, 2.24) is 14.8 Å². The van der Waals surface area contributed by atoms with Crippen molar-refractivity contribution in [3.05, 3.63) is 40.7 Å². The summed E-state index contributed by atoms with van der Waals surface area (Å²) in [5.41, 5.74) is 0.836. The molecule has 1 unspecified atom stereocenters. The number of hydrogen-bond donors (Lipinski definition) is 1. The predicted octanol–water partition coefficient (Wildman–Crippen LogP) is 2.81. The summed E-state index contributed by atoms with van der Waals surface area (Å²) in [4.78, 5) is 14.4. The minimum absolute atomic E-state index is 0.0642. The fraction of sp³-hybridized carbons (Fsp3) is 0.385. The summed E-state index contributed by atoms with van der Waals surface area (Å²) in [6.45, 7) is 2.90. The molecule has 20 heavy (non-hydrogen) atoms. The monoisotopic (exact) mass is 292 g/mol. The molecule has 0 aliphatic heterocycles. The maximum absolute atomic E-state index is 10.6. The summed E-state index contributed by atoms with van der Waals surface area (Å²) >= 11 is 4.31. The molecule has 1 atom stereocenters. The first-order valence-corrected chi connectivity index (χ1v) is 7.02. The second-order valence-electron chi connectivity index (χ2n) is 4.55. The summed E-state index contributed by atoms with van der Waals surface area (Å²) in [6.07, 6.45) is 2.72. The summed E-state index contributed by atoms with van der Waals surface area (Å²) in [5, 5.41) is 15.0. The zero-order valence-electron chi connectivity index (χ0n) is 11.1. The second kappa shape index (κ2) is 6.51. The maximum atomic E-state index is 10.6.